The van der Waals surface area contributed by atoms with Crippen LogP contribution in [0.25, 0.3) is 0 Å². The molecule has 0 aliphatic rings. The van der Waals surface area contributed by atoms with Crippen LogP contribution in [0, 0.1) is 0 Å². The van der Waals surface area contributed by atoms with Gasteiger partial charge in [0.05, 0.1) is 6.61 Å². The van der Waals surface area contributed by atoms with E-state index in [9.17, 15) is 9.59 Å². The van der Waals surface area contributed by atoms with Crippen LogP contribution in [-0.4, -0.2) is 35.7 Å². The Morgan fingerprint density at radius 3 is 2.47 bits per heavy atom. The van der Waals surface area contributed by atoms with Gasteiger partial charge in [0.2, 0.25) is 0 Å². The Bertz CT molecular complexity index is 419. The van der Waals surface area contributed by atoms with Crippen LogP contribution in [-0.2, 0) is 20.7 Å². The molecule has 1 aromatic carbocycles. The molecule has 0 spiro atoms. The molecule has 0 radical (unpaired) electrons. The van der Waals surface area contributed by atoms with Crippen LogP contribution in [0.15, 0.2) is 30.3 Å². The Morgan fingerprint density at radius 2 is 1.95 bits per heavy atom. The van der Waals surface area contributed by atoms with Crippen molar-refractivity contribution in [3.63, 3.8) is 0 Å². The zero-order valence-electron chi connectivity index (χ0n) is 11.1. The van der Waals surface area contributed by atoms with Gasteiger partial charge in [-0.15, -0.1) is 0 Å². The maximum Gasteiger partial charge on any atom is 0.323 e. The Hall–Kier alpha value is -1.88. The molecule has 0 aliphatic carbocycles. The summed E-state index contributed by atoms with van der Waals surface area (Å²) < 4.78 is 4.96. The second-order valence-corrected chi connectivity index (χ2v) is 4.22. The molecule has 0 saturated heterocycles. The number of carbonyl (C=O) groups excluding carboxylic acids is 1. The molecule has 5 nitrogen and oxygen atoms in total. The summed E-state index contributed by atoms with van der Waals surface area (Å²) in [6, 6.07) is 7.94. The number of hydrogen-bond donors (Lipinski definition) is 2. The van der Waals surface area contributed by atoms with E-state index in [1.165, 1.54) is 6.92 Å². The second-order valence-electron chi connectivity index (χ2n) is 4.22. The van der Waals surface area contributed by atoms with Gasteiger partial charge in [0.1, 0.15) is 12.1 Å². The Morgan fingerprint density at radius 1 is 1.32 bits per heavy atom. The zero-order chi connectivity index (χ0) is 14.3. The Labute approximate surface area is 112 Å². The van der Waals surface area contributed by atoms with Gasteiger partial charge in [0.15, 0.2) is 0 Å². The first kappa shape index (κ1) is 15.2. The van der Waals surface area contributed by atoms with Crippen molar-refractivity contribution in [2.24, 2.45) is 0 Å². The fraction of sp³-hybridized carbons (Fsp3) is 0.429. The molecule has 0 aliphatic heterocycles. The van der Waals surface area contributed by atoms with Gasteiger partial charge < -0.3 is 9.84 Å². The van der Waals surface area contributed by atoms with E-state index in [0.717, 1.165) is 5.56 Å². The van der Waals surface area contributed by atoms with Crippen molar-refractivity contribution in [3.8, 4) is 0 Å². The first-order valence-corrected chi connectivity index (χ1v) is 6.24. The van der Waals surface area contributed by atoms with E-state index < -0.39 is 24.0 Å². The highest BCUT2D eigenvalue weighted by Gasteiger charge is 2.24. The molecule has 0 bridgehead atoms. The van der Waals surface area contributed by atoms with Gasteiger partial charge in [0.25, 0.3) is 0 Å². The quantitative estimate of drug-likeness (QED) is 0.725. The minimum Gasteiger partial charge on any atom is -0.480 e. The molecule has 0 heterocycles. The fourth-order valence-electron chi connectivity index (χ4n) is 1.68. The maximum atomic E-state index is 11.8. The molecule has 1 aromatic rings. The van der Waals surface area contributed by atoms with E-state index in [2.05, 4.69) is 5.32 Å². The Kier molecular flexibility index (Phi) is 6.02. The van der Waals surface area contributed by atoms with Crippen molar-refractivity contribution in [1.82, 2.24) is 5.32 Å². The average Bonchev–Trinajstić information content (AvgIpc) is 2.39. The molecule has 0 saturated carbocycles. The third-order valence-corrected chi connectivity index (χ3v) is 2.68. The predicted molar refractivity (Wildman–Crippen MR) is 70.8 cm³/mol. The lowest BCUT2D eigenvalue weighted by molar-refractivity contribution is -0.146. The Balaban J connectivity index is 2.74. The van der Waals surface area contributed by atoms with E-state index >= 15 is 0 Å². The molecular formula is C14H19NO4. The van der Waals surface area contributed by atoms with Gasteiger partial charge >= 0.3 is 11.9 Å². The topological polar surface area (TPSA) is 75.6 Å². The van der Waals surface area contributed by atoms with E-state index in [-0.39, 0.29) is 6.61 Å². The van der Waals surface area contributed by atoms with Gasteiger partial charge in [-0.1, -0.05) is 30.3 Å². The van der Waals surface area contributed by atoms with Gasteiger partial charge in [-0.25, -0.2) is 0 Å². The fourth-order valence-corrected chi connectivity index (χ4v) is 1.68. The summed E-state index contributed by atoms with van der Waals surface area (Å²) in [6.45, 7) is 3.49. The highest BCUT2D eigenvalue weighted by atomic mass is 16.5. The van der Waals surface area contributed by atoms with E-state index in [1.54, 1.807) is 6.92 Å². The van der Waals surface area contributed by atoms with Crippen molar-refractivity contribution in [1.29, 1.82) is 0 Å². The summed E-state index contributed by atoms with van der Waals surface area (Å²) in [5.74, 6) is -1.43. The monoisotopic (exact) mass is 265 g/mol. The molecule has 1 rings (SSSR count). The lowest BCUT2D eigenvalue weighted by Gasteiger charge is -2.19. The number of carboxylic acid groups (broad SMARTS) is 1. The molecule has 2 unspecified atom stereocenters. The van der Waals surface area contributed by atoms with E-state index in [0.29, 0.717) is 6.42 Å². The SMILES string of the molecule is CCOC(=O)C(Cc1ccccc1)NC(C)C(=O)O. The molecule has 2 atom stereocenters. The number of hydrogen-bond acceptors (Lipinski definition) is 4. The largest absolute Gasteiger partial charge is 0.480 e. The van der Waals surface area contributed by atoms with Crippen LogP contribution in [0.2, 0.25) is 0 Å². The average molecular weight is 265 g/mol. The summed E-state index contributed by atoms with van der Waals surface area (Å²) in [5, 5.41) is 11.7. The van der Waals surface area contributed by atoms with Crippen LogP contribution in [0.5, 0.6) is 0 Å². The number of esters is 1. The number of carbonyl (C=O) groups is 2. The lowest BCUT2D eigenvalue weighted by atomic mass is 10.1. The number of aliphatic carboxylic acids is 1. The standard InChI is InChI=1S/C14H19NO4/c1-3-19-14(18)12(15-10(2)13(16)17)9-11-7-5-4-6-8-11/h4-8,10,12,15H,3,9H2,1-2H3,(H,16,17). The summed E-state index contributed by atoms with van der Waals surface area (Å²) in [7, 11) is 0. The summed E-state index contributed by atoms with van der Waals surface area (Å²) in [5.41, 5.74) is 0.950. The number of nitrogens with one attached hydrogen (secondary N) is 1. The summed E-state index contributed by atoms with van der Waals surface area (Å²) in [6.07, 6.45) is 0.400. The number of rotatable bonds is 7. The summed E-state index contributed by atoms with van der Waals surface area (Å²) in [4.78, 5) is 22.7. The van der Waals surface area contributed by atoms with Gasteiger partial charge in [-0.2, -0.15) is 0 Å². The van der Waals surface area contributed by atoms with Gasteiger partial charge in [-0.05, 0) is 25.8 Å². The van der Waals surface area contributed by atoms with Crippen LogP contribution in [0.4, 0.5) is 0 Å². The lowest BCUT2D eigenvalue weighted by Crippen LogP contribution is -2.47. The zero-order valence-corrected chi connectivity index (χ0v) is 11.1. The molecule has 2 N–H and O–H groups in total. The number of carboxylic acids is 1. The minimum absolute atomic E-state index is 0.271. The molecule has 0 fully saturated rings. The molecule has 5 heteroatoms. The maximum absolute atomic E-state index is 11.8. The van der Waals surface area contributed by atoms with Crippen LogP contribution >= 0.6 is 0 Å². The summed E-state index contributed by atoms with van der Waals surface area (Å²) >= 11 is 0. The smallest absolute Gasteiger partial charge is 0.323 e. The first-order valence-electron chi connectivity index (χ1n) is 6.24. The third-order valence-electron chi connectivity index (χ3n) is 2.68. The highest BCUT2D eigenvalue weighted by molar-refractivity contribution is 5.78. The first-order chi connectivity index (χ1) is 9.04. The molecule has 104 valence electrons. The van der Waals surface area contributed by atoms with E-state index in [1.807, 2.05) is 30.3 Å². The van der Waals surface area contributed by atoms with Crippen molar-refractivity contribution in [2.45, 2.75) is 32.4 Å². The number of ether oxygens (including phenoxy) is 1. The van der Waals surface area contributed by atoms with Crippen molar-refractivity contribution in [3.05, 3.63) is 35.9 Å². The van der Waals surface area contributed by atoms with Crippen molar-refractivity contribution < 1.29 is 19.4 Å². The normalized spacial score (nSPS) is 13.6. The van der Waals surface area contributed by atoms with Gasteiger partial charge in [0, 0.05) is 0 Å². The van der Waals surface area contributed by atoms with Crippen LogP contribution in [0.1, 0.15) is 19.4 Å². The predicted octanol–water partition coefficient (Wildman–Crippen LogP) is 1.22. The number of benzene rings is 1. The second kappa shape index (κ2) is 7.53. The highest BCUT2D eigenvalue weighted by Crippen LogP contribution is 2.05. The third kappa shape index (κ3) is 5.09. The van der Waals surface area contributed by atoms with Crippen molar-refractivity contribution >= 4 is 11.9 Å². The van der Waals surface area contributed by atoms with Gasteiger partial charge in [-0.3, -0.25) is 14.9 Å². The molecule has 0 aromatic heterocycles. The molecule has 0 amide bonds. The molecular weight excluding hydrogens is 246 g/mol. The van der Waals surface area contributed by atoms with Crippen molar-refractivity contribution in [2.75, 3.05) is 6.61 Å². The van der Waals surface area contributed by atoms with Crippen LogP contribution in [0.3, 0.4) is 0 Å². The minimum atomic E-state index is -0.998. The van der Waals surface area contributed by atoms with Crippen LogP contribution < -0.4 is 5.32 Å². The molecule has 19 heavy (non-hydrogen) atoms. The van der Waals surface area contributed by atoms with E-state index in [4.69, 9.17) is 9.84 Å².